The van der Waals surface area contributed by atoms with E-state index in [2.05, 4.69) is 45.1 Å². The minimum absolute atomic E-state index is 0.171. The number of aromatic nitrogens is 2. The zero-order chi connectivity index (χ0) is 22.8. The monoisotopic (exact) mass is 439 g/mol. The highest BCUT2D eigenvalue weighted by Crippen LogP contribution is 2.33. The number of hydrogen-bond acceptors (Lipinski definition) is 5. The van der Waals surface area contributed by atoms with Crippen molar-refractivity contribution >= 4 is 22.5 Å². The van der Waals surface area contributed by atoms with Crippen molar-refractivity contribution in [1.82, 2.24) is 15.1 Å². The maximum absolute atomic E-state index is 13.1. The summed E-state index contributed by atoms with van der Waals surface area (Å²) in [5, 5.41) is 20.5. The minimum Gasteiger partial charge on any atom is -0.348 e. The molecule has 0 N–H and O–H groups in total. The Morgan fingerprint density at radius 2 is 1.70 bits per heavy atom. The molecule has 3 aromatic rings. The lowest BCUT2D eigenvalue weighted by molar-refractivity contribution is -0.137. The number of nitrogens with zero attached hydrogens (tertiary/aromatic N) is 5. The van der Waals surface area contributed by atoms with Gasteiger partial charge in [-0.1, -0.05) is 55.7 Å². The smallest absolute Gasteiger partial charge is 0.225 e. The quantitative estimate of drug-likeness (QED) is 0.587. The van der Waals surface area contributed by atoms with Crippen LogP contribution in [0.15, 0.2) is 48.5 Å². The van der Waals surface area contributed by atoms with Crippen LogP contribution >= 0.6 is 0 Å². The Morgan fingerprint density at radius 1 is 0.970 bits per heavy atom. The van der Waals surface area contributed by atoms with E-state index in [-0.39, 0.29) is 12.0 Å². The zero-order valence-corrected chi connectivity index (χ0v) is 19.1. The van der Waals surface area contributed by atoms with Crippen molar-refractivity contribution in [3.05, 3.63) is 54.1 Å². The molecule has 168 valence electrons. The summed E-state index contributed by atoms with van der Waals surface area (Å²) < 4.78 is 0. The van der Waals surface area contributed by atoms with Gasteiger partial charge in [-0.15, -0.1) is 10.2 Å². The molecule has 33 heavy (non-hydrogen) atoms. The fourth-order valence-electron chi connectivity index (χ4n) is 5.30. The molecule has 6 nitrogen and oxygen atoms in total. The number of hydrogen-bond donors (Lipinski definition) is 0. The molecule has 0 radical (unpaired) electrons. The number of carbonyl (C=O) groups is 1. The third kappa shape index (κ3) is 4.16. The number of fused-ring (bicyclic) bond motifs is 1. The summed E-state index contributed by atoms with van der Waals surface area (Å²) in [4.78, 5) is 17.4. The van der Waals surface area contributed by atoms with E-state index in [4.69, 9.17) is 5.26 Å². The van der Waals surface area contributed by atoms with Gasteiger partial charge in [0.15, 0.2) is 5.82 Å². The molecule has 6 heteroatoms. The standard InChI is InChI=1S/C27H29N5O/c1-19-18-31(27(33)22-7-3-2-4-8-22)15-16-32(19)26-24-10-6-5-9-23(24)25(29-30-26)21-13-11-20(17-28)12-14-21/h5-6,9-14,19,22H,2-4,7-8,15-16,18H2,1H3. The molecule has 1 aliphatic heterocycles. The summed E-state index contributed by atoms with van der Waals surface area (Å²) in [7, 11) is 0. The predicted molar refractivity (Wildman–Crippen MR) is 130 cm³/mol. The number of piperazine rings is 1. The van der Waals surface area contributed by atoms with Gasteiger partial charge >= 0.3 is 0 Å². The topological polar surface area (TPSA) is 73.1 Å². The van der Waals surface area contributed by atoms with Crippen LogP contribution in [0.1, 0.15) is 44.6 Å². The highest BCUT2D eigenvalue weighted by molar-refractivity contribution is 6.00. The van der Waals surface area contributed by atoms with Gasteiger partial charge in [-0.3, -0.25) is 4.79 Å². The van der Waals surface area contributed by atoms with E-state index in [0.29, 0.717) is 11.5 Å². The number of rotatable bonds is 3. The van der Waals surface area contributed by atoms with Crippen LogP contribution in [0, 0.1) is 17.2 Å². The molecule has 0 bridgehead atoms. The average Bonchev–Trinajstić information content (AvgIpc) is 2.88. The van der Waals surface area contributed by atoms with Gasteiger partial charge in [0.2, 0.25) is 5.91 Å². The molecule has 2 heterocycles. The highest BCUT2D eigenvalue weighted by atomic mass is 16.2. The van der Waals surface area contributed by atoms with Crippen molar-refractivity contribution in [3.8, 4) is 17.3 Å². The van der Waals surface area contributed by atoms with Gasteiger partial charge in [0.1, 0.15) is 5.69 Å². The second kappa shape index (κ2) is 9.19. The summed E-state index contributed by atoms with van der Waals surface area (Å²) in [5.74, 6) is 1.43. The number of benzene rings is 2. The van der Waals surface area contributed by atoms with E-state index in [1.54, 1.807) is 0 Å². The van der Waals surface area contributed by atoms with Crippen molar-refractivity contribution in [2.24, 2.45) is 5.92 Å². The Bertz CT molecular complexity index is 1190. The third-order valence-electron chi connectivity index (χ3n) is 7.12. The molecule has 1 aliphatic carbocycles. The fraction of sp³-hybridized carbons (Fsp3) is 0.407. The molecule has 2 aliphatic rings. The number of anilines is 1. The highest BCUT2D eigenvalue weighted by Gasteiger charge is 2.32. The maximum atomic E-state index is 13.1. The zero-order valence-electron chi connectivity index (χ0n) is 19.1. The first-order valence-electron chi connectivity index (χ1n) is 12.0. The maximum Gasteiger partial charge on any atom is 0.225 e. The Morgan fingerprint density at radius 3 is 2.39 bits per heavy atom. The Hall–Kier alpha value is -3.46. The summed E-state index contributed by atoms with van der Waals surface area (Å²) >= 11 is 0. The normalized spacial score (nSPS) is 19.5. The van der Waals surface area contributed by atoms with E-state index >= 15 is 0 Å². The van der Waals surface area contributed by atoms with E-state index in [1.165, 1.54) is 19.3 Å². The van der Waals surface area contributed by atoms with Crippen LogP contribution < -0.4 is 4.90 Å². The lowest BCUT2D eigenvalue weighted by atomic mass is 9.88. The van der Waals surface area contributed by atoms with Gasteiger partial charge < -0.3 is 9.80 Å². The Kier molecular flexibility index (Phi) is 5.95. The largest absolute Gasteiger partial charge is 0.348 e. The van der Waals surface area contributed by atoms with Gasteiger partial charge in [-0.25, -0.2) is 0 Å². The number of nitriles is 1. The van der Waals surface area contributed by atoms with E-state index in [0.717, 1.165) is 60.3 Å². The van der Waals surface area contributed by atoms with Crippen LogP contribution in [0.5, 0.6) is 0 Å². The van der Waals surface area contributed by atoms with Crippen molar-refractivity contribution < 1.29 is 4.79 Å². The Balaban J connectivity index is 1.41. The molecule has 1 saturated heterocycles. The minimum atomic E-state index is 0.171. The van der Waals surface area contributed by atoms with Crippen molar-refractivity contribution in [1.29, 1.82) is 5.26 Å². The van der Waals surface area contributed by atoms with E-state index < -0.39 is 0 Å². The van der Waals surface area contributed by atoms with Crippen LogP contribution in [-0.2, 0) is 4.79 Å². The summed E-state index contributed by atoms with van der Waals surface area (Å²) in [5.41, 5.74) is 2.39. The lowest BCUT2D eigenvalue weighted by Crippen LogP contribution is -2.55. The molecule has 1 amide bonds. The second-order valence-electron chi connectivity index (χ2n) is 9.27. The first kappa shape index (κ1) is 21.4. The van der Waals surface area contributed by atoms with Crippen molar-refractivity contribution in [2.45, 2.75) is 45.1 Å². The fourth-order valence-corrected chi connectivity index (χ4v) is 5.30. The van der Waals surface area contributed by atoms with Crippen LogP contribution in [0.2, 0.25) is 0 Å². The Labute approximate surface area is 194 Å². The molecular formula is C27H29N5O. The van der Waals surface area contributed by atoms with Gasteiger partial charge in [0.25, 0.3) is 0 Å². The molecule has 1 aromatic heterocycles. The summed E-state index contributed by atoms with van der Waals surface area (Å²) in [6, 6.07) is 18.0. The predicted octanol–water partition coefficient (Wildman–Crippen LogP) is 4.79. The first-order valence-corrected chi connectivity index (χ1v) is 12.0. The van der Waals surface area contributed by atoms with Crippen LogP contribution in [-0.4, -0.2) is 46.7 Å². The molecule has 5 rings (SSSR count). The lowest BCUT2D eigenvalue weighted by Gasteiger charge is -2.42. The molecule has 2 fully saturated rings. The number of amides is 1. The van der Waals surface area contributed by atoms with E-state index in [9.17, 15) is 4.79 Å². The number of carbonyl (C=O) groups excluding carboxylic acids is 1. The molecule has 1 saturated carbocycles. The molecule has 1 atom stereocenters. The van der Waals surface area contributed by atoms with Gasteiger partial charge in [-0.2, -0.15) is 5.26 Å². The SMILES string of the molecule is CC1CN(C(=O)C2CCCCC2)CCN1c1nnc(-c2ccc(C#N)cc2)c2ccccc12. The average molecular weight is 440 g/mol. The first-order chi connectivity index (χ1) is 16.2. The van der Waals surface area contributed by atoms with E-state index in [1.807, 2.05) is 36.4 Å². The van der Waals surface area contributed by atoms with Crippen LogP contribution in [0.3, 0.4) is 0 Å². The molecule has 1 unspecified atom stereocenters. The van der Waals surface area contributed by atoms with Gasteiger partial charge in [-0.05, 0) is 31.9 Å². The second-order valence-corrected chi connectivity index (χ2v) is 9.27. The van der Waals surface area contributed by atoms with Gasteiger partial charge in [0.05, 0.1) is 11.6 Å². The van der Waals surface area contributed by atoms with Crippen molar-refractivity contribution in [2.75, 3.05) is 24.5 Å². The van der Waals surface area contributed by atoms with Crippen LogP contribution in [0.25, 0.3) is 22.0 Å². The summed E-state index contributed by atoms with van der Waals surface area (Å²) in [6.45, 7) is 4.38. The molecule has 2 aromatic carbocycles. The van der Waals surface area contributed by atoms with Crippen LogP contribution in [0.4, 0.5) is 5.82 Å². The van der Waals surface area contributed by atoms with Gasteiger partial charge in [0, 0.05) is 47.9 Å². The molecule has 0 spiro atoms. The van der Waals surface area contributed by atoms with Crippen molar-refractivity contribution in [3.63, 3.8) is 0 Å². The third-order valence-corrected chi connectivity index (χ3v) is 7.12. The molecular weight excluding hydrogens is 410 g/mol. The summed E-state index contributed by atoms with van der Waals surface area (Å²) in [6.07, 6.45) is 5.71.